The van der Waals surface area contributed by atoms with Crippen LogP contribution in [0.1, 0.15) is 23.7 Å². The molecule has 1 amide bonds. The van der Waals surface area contributed by atoms with Gasteiger partial charge in [0.25, 0.3) is 11.5 Å². The summed E-state index contributed by atoms with van der Waals surface area (Å²) in [7, 11) is 0. The highest BCUT2D eigenvalue weighted by Gasteiger charge is 2.28. The number of rotatable bonds is 1. The van der Waals surface area contributed by atoms with Crippen molar-refractivity contribution >= 4 is 5.91 Å². The highest BCUT2D eigenvalue weighted by Crippen LogP contribution is 2.17. The van der Waals surface area contributed by atoms with Crippen LogP contribution in [0, 0.1) is 5.92 Å². The molecule has 0 bridgehead atoms. The molecule has 0 aliphatic carbocycles. The molecule has 5 heteroatoms. The third kappa shape index (κ3) is 2.39. The lowest BCUT2D eigenvalue weighted by Crippen LogP contribution is -2.46. The number of likely N-dealkylation sites (tertiary alicyclic amines) is 1. The van der Waals surface area contributed by atoms with Crippen molar-refractivity contribution in [1.29, 1.82) is 0 Å². The Balaban J connectivity index is 2.17. The summed E-state index contributed by atoms with van der Waals surface area (Å²) in [6.45, 7) is 2.85. The van der Waals surface area contributed by atoms with E-state index in [0.717, 1.165) is 6.42 Å². The standard InChI is InChI=1S/C12H16N2O3/c1-8-4-6-14(7-10(8)15)12(17)9-3-2-5-13-11(9)16/h2-3,5,8,10,15H,4,6-7H2,1H3,(H,13,16). The van der Waals surface area contributed by atoms with E-state index < -0.39 is 6.10 Å². The number of carbonyl (C=O) groups excluding carboxylic acids is 1. The maximum absolute atomic E-state index is 12.1. The molecule has 0 spiro atoms. The first-order valence-electron chi connectivity index (χ1n) is 5.74. The second kappa shape index (κ2) is 4.71. The predicted octanol–water partition coefficient (Wildman–Crippen LogP) is 0.218. The van der Waals surface area contributed by atoms with Crippen molar-refractivity contribution in [3.05, 3.63) is 34.2 Å². The number of nitrogens with one attached hydrogen (secondary N) is 1. The van der Waals surface area contributed by atoms with Gasteiger partial charge in [0.2, 0.25) is 0 Å². The molecule has 2 heterocycles. The normalized spacial score (nSPS) is 24.7. The van der Waals surface area contributed by atoms with Crippen molar-refractivity contribution < 1.29 is 9.90 Å². The number of carbonyl (C=O) groups is 1. The molecule has 1 aliphatic rings. The molecular formula is C12H16N2O3. The molecule has 0 saturated carbocycles. The van der Waals surface area contributed by atoms with Gasteiger partial charge in [-0.25, -0.2) is 0 Å². The second-order valence-electron chi connectivity index (χ2n) is 4.50. The largest absolute Gasteiger partial charge is 0.391 e. The Hall–Kier alpha value is -1.62. The number of hydrogen-bond acceptors (Lipinski definition) is 3. The van der Waals surface area contributed by atoms with Gasteiger partial charge in [0.1, 0.15) is 5.56 Å². The van der Waals surface area contributed by atoms with E-state index in [9.17, 15) is 14.7 Å². The Morgan fingerprint density at radius 2 is 2.35 bits per heavy atom. The fraction of sp³-hybridized carbons (Fsp3) is 0.500. The molecule has 5 nitrogen and oxygen atoms in total. The van der Waals surface area contributed by atoms with E-state index in [-0.39, 0.29) is 22.9 Å². The Labute approximate surface area is 99.1 Å². The molecule has 2 N–H and O–H groups in total. The third-order valence-electron chi connectivity index (χ3n) is 3.25. The SMILES string of the molecule is CC1CCN(C(=O)c2ccc[nH]c2=O)CC1O. The number of aliphatic hydroxyl groups is 1. The lowest BCUT2D eigenvalue weighted by molar-refractivity contribution is 0.0247. The molecule has 17 heavy (non-hydrogen) atoms. The number of hydrogen-bond donors (Lipinski definition) is 2. The van der Waals surface area contributed by atoms with E-state index in [1.54, 1.807) is 6.07 Å². The van der Waals surface area contributed by atoms with Crippen LogP contribution in [0.3, 0.4) is 0 Å². The average molecular weight is 236 g/mol. The molecule has 92 valence electrons. The zero-order chi connectivity index (χ0) is 12.4. The summed E-state index contributed by atoms with van der Waals surface area (Å²) in [6.07, 6.45) is 1.75. The van der Waals surface area contributed by atoms with Crippen LogP contribution in [0.5, 0.6) is 0 Å². The number of piperidine rings is 1. The molecule has 1 aromatic rings. The van der Waals surface area contributed by atoms with Crippen molar-refractivity contribution in [2.24, 2.45) is 5.92 Å². The van der Waals surface area contributed by atoms with E-state index in [4.69, 9.17) is 0 Å². The number of amides is 1. The van der Waals surface area contributed by atoms with Gasteiger partial charge in [0, 0.05) is 19.3 Å². The van der Waals surface area contributed by atoms with Gasteiger partial charge in [0.15, 0.2) is 0 Å². The minimum atomic E-state index is -0.504. The summed E-state index contributed by atoms with van der Waals surface area (Å²) >= 11 is 0. The molecule has 1 saturated heterocycles. The zero-order valence-electron chi connectivity index (χ0n) is 9.72. The number of aliphatic hydroxyl groups excluding tert-OH is 1. The van der Waals surface area contributed by atoms with Crippen molar-refractivity contribution in [2.75, 3.05) is 13.1 Å². The van der Waals surface area contributed by atoms with Gasteiger partial charge < -0.3 is 15.0 Å². The number of aromatic nitrogens is 1. The van der Waals surface area contributed by atoms with Gasteiger partial charge in [-0.05, 0) is 24.5 Å². The lowest BCUT2D eigenvalue weighted by atomic mass is 9.95. The first-order chi connectivity index (χ1) is 8.09. The number of nitrogens with zero attached hydrogens (tertiary/aromatic N) is 1. The van der Waals surface area contributed by atoms with Crippen LogP contribution in [0.15, 0.2) is 23.1 Å². The third-order valence-corrected chi connectivity index (χ3v) is 3.25. The summed E-state index contributed by atoms with van der Waals surface area (Å²) in [5.74, 6) is -0.106. The van der Waals surface area contributed by atoms with Crippen molar-refractivity contribution in [3.63, 3.8) is 0 Å². The van der Waals surface area contributed by atoms with Gasteiger partial charge in [-0.2, -0.15) is 0 Å². The van der Waals surface area contributed by atoms with E-state index in [2.05, 4.69) is 4.98 Å². The molecule has 0 aromatic carbocycles. The van der Waals surface area contributed by atoms with Crippen LogP contribution >= 0.6 is 0 Å². The molecule has 2 rings (SSSR count). The summed E-state index contributed by atoms with van der Waals surface area (Å²) in [5.41, 5.74) is -0.250. The molecule has 1 fully saturated rings. The number of pyridine rings is 1. The number of aromatic amines is 1. The molecule has 2 atom stereocenters. The van der Waals surface area contributed by atoms with Gasteiger partial charge >= 0.3 is 0 Å². The van der Waals surface area contributed by atoms with E-state index >= 15 is 0 Å². The Bertz CT molecular complexity index is 469. The van der Waals surface area contributed by atoms with Crippen LogP contribution in [0.4, 0.5) is 0 Å². The highest BCUT2D eigenvalue weighted by molar-refractivity contribution is 5.93. The molecule has 2 unspecified atom stereocenters. The summed E-state index contributed by atoms with van der Waals surface area (Å²) in [5, 5.41) is 9.73. The van der Waals surface area contributed by atoms with E-state index in [1.165, 1.54) is 17.2 Å². The maximum atomic E-state index is 12.1. The van der Waals surface area contributed by atoms with Crippen molar-refractivity contribution in [1.82, 2.24) is 9.88 Å². The van der Waals surface area contributed by atoms with Crippen molar-refractivity contribution in [2.45, 2.75) is 19.4 Å². The molecule has 0 radical (unpaired) electrons. The van der Waals surface area contributed by atoms with Gasteiger partial charge in [-0.15, -0.1) is 0 Å². The first kappa shape index (κ1) is 11.9. The summed E-state index contributed by atoms with van der Waals surface area (Å²) in [4.78, 5) is 27.6. The topological polar surface area (TPSA) is 73.4 Å². The first-order valence-corrected chi connectivity index (χ1v) is 5.74. The lowest BCUT2D eigenvalue weighted by Gasteiger charge is -2.34. The molecular weight excluding hydrogens is 220 g/mol. The maximum Gasteiger partial charge on any atom is 0.260 e. The minimum absolute atomic E-state index is 0.134. The Morgan fingerprint density at radius 3 is 3.00 bits per heavy atom. The van der Waals surface area contributed by atoms with Crippen molar-refractivity contribution in [3.8, 4) is 0 Å². The predicted molar refractivity (Wildman–Crippen MR) is 62.8 cm³/mol. The van der Waals surface area contributed by atoms with Crippen LogP contribution in [-0.2, 0) is 0 Å². The number of H-pyrrole nitrogens is 1. The molecule has 1 aliphatic heterocycles. The van der Waals surface area contributed by atoms with Gasteiger partial charge in [-0.3, -0.25) is 9.59 Å². The fourth-order valence-electron chi connectivity index (χ4n) is 1.99. The van der Waals surface area contributed by atoms with Gasteiger partial charge in [0.05, 0.1) is 6.10 Å². The Kier molecular flexibility index (Phi) is 3.28. The highest BCUT2D eigenvalue weighted by atomic mass is 16.3. The quantitative estimate of drug-likeness (QED) is 0.732. The number of β-amino-alcohol motifs (C(OH)–C–C–N with tert-alkyl or cyclic N) is 1. The Morgan fingerprint density at radius 1 is 1.59 bits per heavy atom. The molecule has 1 aromatic heterocycles. The second-order valence-corrected chi connectivity index (χ2v) is 4.50. The van der Waals surface area contributed by atoms with Gasteiger partial charge in [-0.1, -0.05) is 6.92 Å². The van der Waals surface area contributed by atoms with Crippen LogP contribution in [0.25, 0.3) is 0 Å². The van der Waals surface area contributed by atoms with Crippen LogP contribution in [0.2, 0.25) is 0 Å². The zero-order valence-corrected chi connectivity index (χ0v) is 9.72. The monoisotopic (exact) mass is 236 g/mol. The van der Waals surface area contributed by atoms with Crippen LogP contribution in [-0.4, -0.2) is 40.1 Å². The summed E-state index contributed by atoms with van der Waals surface area (Å²) < 4.78 is 0. The van der Waals surface area contributed by atoms with Crippen LogP contribution < -0.4 is 5.56 Å². The minimum Gasteiger partial charge on any atom is -0.391 e. The summed E-state index contributed by atoms with van der Waals surface area (Å²) in [6, 6.07) is 3.13. The van der Waals surface area contributed by atoms with E-state index in [0.29, 0.717) is 13.1 Å². The average Bonchev–Trinajstić information content (AvgIpc) is 2.32. The smallest absolute Gasteiger partial charge is 0.260 e. The van der Waals surface area contributed by atoms with E-state index in [1.807, 2.05) is 6.92 Å². The fourth-order valence-corrected chi connectivity index (χ4v) is 1.99.